The highest BCUT2D eigenvalue weighted by Gasteiger charge is 2.26. The van der Waals surface area contributed by atoms with Gasteiger partial charge in [0, 0.05) is 43.5 Å². The predicted octanol–water partition coefficient (Wildman–Crippen LogP) is 2.27. The molecule has 2 fully saturated rings. The van der Waals surface area contributed by atoms with Crippen molar-refractivity contribution in [2.24, 2.45) is 5.92 Å². The zero-order valence-electron chi connectivity index (χ0n) is 15.3. The van der Waals surface area contributed by atoms with E-state index in [4.69, 9.17) is 4.74 Å². The fraction of sp³-hybridized carbons (Fsp3) is 0.500. The number of carbonyl (C=O) groups is 2. The second kappa shape index (κ2) is 8.36. The first-order valence-electron chi connectivity index (χ1n) is 9.25. The maximum atomic E-state index is 12.5. The molecule has 6 nitrogen and oxygen atoms in total. The van der Waals surface area contributed by atoms with Crippen molar-refractivity contribution in [3.8, 4) is 0 Å². The molecule has 2 heterocycles. The van der Waals surface area contributed by atoms with Crippen LogP contribution in [0, 0.1) is 5.92 Å². The molecule has 0 saturated carbocycles. The Kier molecular flexibility index (Phi) is 5.93. The third-order valence-electron chi connectivity index (χ3n) is 5.09. The molecule has 1 unspecified atom stereocenters. The second-order valence-electron chi connectivity index (χ2n) is 6.97. The van der Waals surface area contributed by atoms with Gasteiger partial charge in [0.2, 0.25) is 11.8 Å². The highest BCUT2D eigenvalue weighted by molar-refractivity contribution is 5.93. The van der Waals surface area contributed by atoms with Gasteiger partial charge < -0.3 is 19.9 Å². The average Bonchev–Trinajstić information content (AvgIpc) is 2.68. The Balaban J connectivity index is 1.52. The van der Waals surface area contributed by atoms with E-state index in [-0.39, 0.29) is 23.8 Å². The molecular weight excluding hydrogens is 330 g/mol. The van der Waals surface area contributed by atoms with Crippen molar-refractivity contribution in [3.63, 3.8) is 0 Å². The largest absolute Gasteiger partial charge is 0.375 e. The van der Waals surface area contributed by atoms with Gasteiger partial charge in [-0.2, -0.15) is 0 Å². The lowest BCUT2D eigenvalue weighted by atomic mass is 9.95. The van der Waals surface area contributed by atoms with Crippen molar-refractivity contribution in [2.45, 2.75) is 25.9 Å². The molecule has 1 aromatic rings. The Morgan fingerprint density at radius 1 is 1.19 bits per heavy atom. The van der Waals surface area contributed by atoms with Crippen LogP contribution in [-0.4, -0.2) is 55.6 Å². The Labute approximate surface area is 154 Å². The van der Waals surface area contributed by atoms with Gasteiger partial charge in [-0.3, -0.25) is 9.59 Å². The molecule has 2 aliphatic heterocycles. The van der Waals surface area contributed by atoms with Crippen molar-refractivity contribution in [3.05, 3.63) is 36.9 Å². The molecular formula is C20H27N3O3. The molecule has 6 heteroatoms. The van der Waals surface area contributed by atoms with Crippen LogP contribution < -0.4 is 10.2 Å². The summed E-state index contributed by atoms with van der Waals surface area (Å²) in [6, 6.07) is 7.98. The number of nitrogens with zero attached hydrogens (tertiary/aromatic N) is 2. The fourth-order valence-corrected chi connectivity index (χ4v) is 3.54. The van der Waals surface area contributed by atoms with Gasteiger partial charge in [-0.25, -0.2) is 0 Å². The number of piperidine rings is 1. The molecule has 1 aromatic carbocycles. The van der Waals surface area contributed by atoms with E-state index in [1.165, 1.54) is 6.08 Å². The van der Waals surface area contributed by atoms with E-state index in [9.17, 15) is 9.59 Å². The SMILES string of the molecule is C=CC(=O)N1CCC(C(=O)Nc2ccc(N3CCOC(C)C3)cc2)CC1. The molecule has 3 rings (SSSR count). The number of hydrogen-bond donors (Lipinski definition) is 1. The Bertz CT molecular complexity index is 651. The van der Waals surface area contributed by atoms with E-state index < -0.39 is 0 Å². The van der Waals surface area contributed by atoms with Gasteiger partial charge in [0.05, 0.1) is 12.7 Å². The number of morpholine rings is 1. The van der Waals surface area contributed by atoms with Crippen LogP contribution in [0.1, 0.15) is 19.8 Å². The van der Waals surface area contributed by atoms with Crippen molar-refractivity contribution < 1.29 is 14.3 Å². The molecule has 1 atom stereocenters. The third-order valence-corrected chi connectivity index (χ3v) is 5.09. The van der Waals surface area contributed by atoms with Gasteiger partial charge in [-0.05, 0) is 50.1 Å². The third kappa shape index (κ3) is 4.43. The molecule has 1 N–H and O–H groups in total. The summed E-state index contributed by atoms with van der Waals surface area (Å²) in [6.45, 7) is 9.32. The first kappa shape index (κ1) is 18.5. The molecule has 140 valence electrons. The summed E-state index contributed by atoms with van der Waals surface area (Å²) < 4.78 is 5.57. The minimum absolute atomic E-state index is 0.0310. The second-order valence-corrected chi connectivity index (χ2v) is 6.97. The summed E-state index contributed by atoms with van der Waals surface area (Å²) in [7, 11) is 0. The highest BCUT2D eigenvalue weighted by Crippen LogP contribution is 2.23. The number of anilines is 2. The molecule has 2 amide bonds. The van der Waals surface area contributed by atoms with Gasteiger partial charge >= 0.3 is 0 Å². The number of rotatable bonds is 4. The van der Waals surface area contributed by atoms with Crippen molar-refractivity contribution in [1.29, 1.82) is 0 Å². The van der Waals surface area contributed by atoms with Gasteiger partial charge in [0.25, 0.3) is 0 Å². The quantitative estimate of drug-likeness (QED) is 0.840. The van der Waals surface area contributed by atoms with Crippen LogP contribution in [0.25, 0.3) is 0 Å². The van der Waals surface area contributed by atoms with Gasteiger partial charge in [-0.1, -0.05) is 6.58 Å². The average molecular weight is 357 g/mol. The standard InChI is InChI=1S/C20H27N3O3/c1-3-19(24)22-10-8-16(9-11-22)20(25)21-17-4-6-18(7-5-17)23-12-13-26-15(2)14-23/h3-7,15-16H,1,8-14H2,2H3,(H,21,25). The molecule has 0 spiro atoms. The first-order valence-corrected chi connectivity index (χ1v) is 9.25. The smallest absolute Gasteiger partial charge is 0.245 e. The number of ether oxygens (including phenoxy) is 1. The van der Waals surface area contributed by atoms with Crippen LogP contribution >= 0.6 is 0 Å². The van der Waals surface area contributed by atoms with Gasteiger partial charge in [0.15, 0.2) is 0 Å². The Hall–Kier alpha value is -2.34. The van der Waals surface area contributed by atoms with Crippen LogP contribution in [0.15, 0.2) is 36.9 Å². The summed E-state index contributed by atoms with van der Waals surface area (Å²) in [5, 5.41) is 3.00. The van der Waals surface area contributed by atoms with Crippen LogP contribution in [0.2, 0.25) is 0 Å². The van der Waals surface area contributed by atoms with Crippen LogP contribution in [0.5, 0.6) is 0 Å². The molecule has 2 saturated heterocycles. The normalized spacial score (nSPS) is 21.3. The van der Waals surface area contributed by atoms with E-state index in [2.05, 4.69) is 23.7 Å². The Morgan fingerprint density at radius 3 is 2.50 bits per heavy atom. The molecule has 2 aliphatic rings. The lowest BCUT2D eigenvalue weighted by Crippen LogP contribution is -2.41. The van der Waals surface area contributed by atoms with Crippen molar-refractivity contribution in [2.75, 3.05) is 43.0 Å². The summed E-state index contributed by atoms with van der Waals surface area (Å²) in [5.74, 6) is -0.0797. The van der Waals surface area contributed by atoms with Crippen LogP contribution in [0.3, 0.4) is 0 Å². The number of carbonyl (C=O) groups excluding carboxylic acids is 2. The highest BCUT2D eigenvalue weighted by atomic mass is 16.5. The summed E-state index contributed by atoms with van der Waals surface area (Å²) in [6.07, 6.45) is 2.95. The maximum absolute atomic E-state index is 12.5. The molecule has 0 radical (unpaired) electrons. The zero-order chi connectivity index (χ0) is 18.5. The van der Waals surface area contributed by atoms with E-state index >= 15 is 0 Å². The van der Waals surface area contributed by atoms with E-state index in [0.717, 1.165) is 31.1 Å². The minimum Gasteiger partial charge on any atom is -0.375 e. The van der Waals surface area contributed by atoms with Crippen LogP contribution in [-0.2, 0) is 14.3 Å². The van der Waals surface area contributed by atoms with Crippen molar-refractivity contribution in [1.82, 2.24) is 4.90 Å². The lowest BCUT2D eigenvalue weighted by molar-refractivity contribution is -0.130. The Morgan fingerprint density at radius 2 is 1.88 bits per heavy atom. The number of likely N-dealkylation sites (tertiary alicyclic amines) is 1. The molecule has 0 aromatic heterocycles. The number of nitrogens with one attached hydrogen (secondary N) is 1. The summed E-state index contributed by atoms with van der Waals surface area (Å²) in [5.41, 5.74) is 1.96. The van der Waals surface area contributed by atoms with Crippen molar-refractivity contribution >= 4 is 23.2 Å². The van der Waals surface area contributed by atoms with Gasteiger partial charge in [-0.15, -0.1) is 0 Å². The number of amides is 2. The van der Waals surface area contributed by atoms with Crippen LogP contribution in [0.4, 0.5) is 11.4 Å². The molecule has 0 bridgehead atoms. The maximum Gasteiger partial charge on any atom is 0.245 e. The van der Waals surface area contributed by atoms with Gasteiger partial charge in [0.1, 0.15) is 0 Å². The summed E-state index contributed by atoms with van der Waals surface area (Å²) in [4.78, 5) is 28.1. The minimum atomic E-state index is -0.0584. The lowest BCUT2D eigenvalue weighted by Gasteiger charge is -2.33. The van der Waals surface area contributed by atoms with E-state index in [1.54, 1.807) is 4.90 Å². The topological polar surface area (TPSA) is 61.9 Å². The molecule has 0 aliphatic carbocycles. The fourth-order valence-electron chi connectivity index (χ4n) is 3.54. The number of hydrogen-bond acceptors (Lipinski definition) is 4. The zero-order valence-corrected chi connectivity index (χ0v) is 15.3. The van der Waals surface area contributed by atoms with E-state index in [1.807, 2.05) is 24.3 Å². The number of benzene rings is 1. The predicted molar refractivity (Wildman–Crippen MR) is 102 cm³/mol. The summed E-state index contributed by atoms with van der Waals surface area (Å²) >= 11 is 0. The molecule has 26 heavy (non-hydrogen) atoms. The van der Waals surface area contributed by atoms with E-state index in [0.29, 0.717) is 25.9 Å². The first-order chi connectivity index (χ1) is 12.6. The monoisotopic (exact) mass is 357 g/mol.